The highest BCUT2D eigenvalue weighted by Crippen LogP contribution is 2.27. The summed E-state index contributed by atoms with van der Waals surface area (Å²) in [4.78, 5) is 17.1. The highest BCUT2D eigenvalue weighted by molar-refractivity contribution is 7.89. The first-order valence-electron chi connectivity index (χ1n) is 9.01. The summed E-state index contributed by atoms with van der Waals surface area (Å²) in [5.74, 6) is 0.445. The van der Waals surface area contributed by atoms with Crippen molar-refractivity contribution in [1.29, 1.82) is 0 Å². The van der Waals surface area contributed by atoms with E-state index in [4.69, 9.17) is 9.88 Å². The number of nitrogens with two attached hydrogens (primary N) is 1. The third-order valence-corrected chi connectivity index (χ3v) is 5.45. The van der Waals surface area contributed by atoms with E-state index in [1.165, 1.54) is 19.2 Å². The van der Waals surface area contributed by atoms with Gasteiger partial charge in [-0.2, -0.15) is 0 Å². The zero-order valence-electron chi connectivity index (χ0n) is 16.9. The topological polar surface area (TPSA) is 142 Å². The molecule has 0 bridgehead atoms. The summed E-state index contributed by atoms with van der Waals surface area (Å²) in [7, 11) is -2.62. The summed E-state index contributed by atoms with van der Waals surface area (Å²) in [6.07, 6.45) is 1.61. The molecule has 30 heavy (non-hydrogen) atoms. The molecule has 0 atom stereocenters. The lowest BCUT2D eigenvalue weighted by atomic mass is 10.1. The molecule has 2 aromatic heterocycles. The maximum absolute atomic E-state index is 12.9. The minimum Gasteiger partial charge on any atom is -0.496 e. The van der Waals surface area contributed by atoms with Crippen LogP contribution >= 0.6 is 0 Å². The summed E-state index contributed by atoms with van der Waals surface area (Å²) in [6.45, 7) is 5.55. The van der Waals surface area contributed by atoms with Crippen molar-refractivity contribution in [3.8, 4) is 17.3 Å². The number of carbonyl (C=O) groups is 1. The van der Waals surface area contributed by atoms with Gasteiger partial charge in [-0.15, -0.1) is 10.2 Å². The lowest BCUT2D eigenvalue weighted by Gasteiger charge is -2.13. The first-order valence-corrected chi connectivity index (χ1v) is 10.6. The van der Waals surface area contributed by atoms with Crippen molar-refractivity contribution in [1.82, 2.24) is 19.7 Å². The highest BCUT2D eigenvalue weighted by atomic mass is 32.2. The number of nitrogens with zero attached hydrogens (tertiary/aromatic N) is 4. The number of methoxy groups -OCH3 is 1. The van der Waals surface area contributed by atoms with E-state index >= 15 is 0 Å². The number of ether oxygens (including phenoxy) is 1. The number of aromatic nitrogens is 4. The van der Waals surface area contributed by atoms with Gasteiger partial charge in [0.05, 0.1) is 17.6 Å². The molecule has 0 radical (unpaired) electrons. The number of aryl methyl sites for hydroxylation is 1. The van der Waals surface area contributed by atoms with E-state index in [0.717, 1.165) is 0 Å². The van der Waals surface area contributed by atoms with Gasteiger partial charge in [0, 0.05) is 6.04 Å². The number of sulfonamides is 1. The molecule has 3 N–H and O–H groups in total. The van der Waals surface area contributed by atoms with E-state index in [1.807, 2.05) is 18.4 Å². The quantitative estimate of drug-likeness (QED) is 0.610. The van der Waals surface area contributed by atoms with Gasteiger partial charge in [-0.05, 0) is 50.6 Å². The minimum absolute atomic E-state index is 0.0182. The summed E-state index contributed by atoms with van der Waals surface area (Å²) in [5.41, 5.74) is 0.920. The van der Waals surface area contributed by atoms with Crippen LogP contribution in [-0.4, -0.2) is 41.2 Å². The molecule has 0 aliphatic rings. The third-order valence-electron chi connectivity index (χ3n) is 4.40. The molecule has 2 heterocycles. The van der Waals surface area contributed by atoms with E-state index in [9.17, 15) is 13.2 Å². The van der Waals surface area contributed by atoms with Crippen LogP contribution in [-0.2, 0) is 10.0 Å². The maximum atomic E-state index is 12.9. The first-order chi connectivity index (χ1) is 14.1. The van der Waals surface area contributed by atoms with Gasteiger partial charge in [0.15, 0.2) is 5.82 Å². The van der Waals surface area contributed by atoms with Gasteiger partial charge in [0.2, 0.25) is 10.0 Å². The molecule has 0 aliphatic heterocycles. The van der Waals surface area contributed by atoms with Crippen molar-refractivity contribution in [2.45, 2.75) is 31.7 Å². The van der Waals surface area contributed by atoms with Crippen LogP contribution in [0, 0.1) is 6.92 Å². The fourth-order valence-corrected chi connectivity index (χ4v) is 3.72. The summed E-state index contributed by atoms with van der Waals surface area (Å²) >= 11 is 0. The number of carbonyl (C=O) groups excluding carboxylic acids is 1. The van der Waals surface area contributed by atoms with Crippen molar-refractivity contribution in [3.05, 3.63) is 47.8 Å². The molecule has 0 unspecified atom stereocenters. The Bertz CT molecular complexity index is 1200. The SMILES string of the molecule is COc1cc(C)c(S(N)(=O)=O)cc1C(=O)Nc1cccc(-c2nncn2C(C)C)n1. The molecule has 0 saturated heterocycles. The predicted molar refractivity (Wildman–Crippen MR) is 111 cm³/mol. The summed E-state index contributed by atoms with van der Waals surface area (Å²) < 4.78 is 30.7. The summed E-state index contributed by atoms with van der Waals surface area (Å²) in [5, 5.41) is 15.9. The lowest BCUT2D eigenvalue weighted by Crippen LogP contribution is -2.18. The van der Waals surface area contributed by atoms with Gasteiger partial charge in [-0.1, -0.05) is 6.07 Å². The van der Waals surface area contributed by atoms with E-state index < -0.39 is 15.9 Å². The standard InChI is InChI=1S/C19H22N6O4S/c1-11(2)25-10-21-24-18(25)14-6-5-7-17(22-14)23-19(26)13-9-16(30(20,27)28)12(3)8-15(13)29-4/h5-11H,1-4H3,(H2,20,27,28)(H,22,23,26). The van der Waals surface area contributed by atoms with Gasteiger partial charge in [-0.3, -0.25) is 4.79 Å². The second kappa shape index (κ2) is 8.20. The zero-order chi connectivity index (χ0) is 22.1. The molecule has 0 spiro atoms. The Morgan fingerprint density at radius 3 is 2.63 bits per heavy atom. The number of benzene rings is 1. The lowest BCUT2D eigenvalue weighted by molar-refractivity contribution is 0.102. The van der Waals surface area contributed by atoms with Crippen LogP contribution in [0.2, 0.25) is 0 Å². The molecule has 158 valence electrons. The van der Waals surface area contributed by atoms with E-state index in [2.05, 4.69) is 20.5 Å². The van der Waals surface area contributed by atoms with Crippen LogP contribution in [0.25, 0.3) is 11.5 Å². The first kappa shape index (κ1) is 21.4. The largest absolute Gasteiger partial charge is 0.496 e. The minimum atomic E-state index is -4.01. The molecule has 0 aliphatic carbocycles. The van der Waals surface area contributed by atoms with Crippen molar-refractivity contribution in [2.75, 3.05) is 12.4 Å². The molecule has 0 fully saturated rings. The second-order valence-electron chi connectivity index (χ2n) is 6.88. The van der Waals surface area contributed by atoms with Crippen molar-refractivity contribution in [3.63, 3.8) is 0 Å². The van der Waals surface area contributed by atoms with Crippen LogP contribution in [0.1, 0.15) is 35.8 Å². The fraction of sp³-hybridized carbons (Fsp3) is 0.263. The normalized spacial score (nSPS) is 11.5. The van der Waals surface area contributed by atoms with Crippen LogP contribution in [0.3, 0.4) is 0 Å². The zero-order valence-corrected chi connectivity index (χ0v) is 17.8. The number of rotatable bonds is 6. The molecule has 10 nitrogen and oxygen atoms in total. The van der Waals surface area contributed by atoms with Crippen molar-refractivity contribution >= 4 is 21.7 Å². The van der Waals surface area contributed by atoms with E-state index in [0.29, 0.717) is 17.1 Å². The van der Waals surface area contributed by atoms with Gasteiger partial charge >= 0.3 is 0 Å². The predicted octanol–water partition coefficient (Wildman–Crippen LogP) is 2.14. The number of pyridine rings is 1. The maximum Gasteiger partial charge on any atom is 0.260 e. The molecule has 1 aromatic carbocycles. The average Bonchev–Trinajstić information content (AvgIpc) is 3.17. The van der Waals surface area contributed by atoms with Crippen LogP contribution in [0.5, 0.6) is 5.75 Å². The van der Waals surface area contributed by atoms with Crippen molar-refractivity contribution in [2.24, 2.45) is 5.14 Å². The van der Waals surface area contributed by atoms with E-state index in [1.54, 1.807) is 31.5 Å². The number of nitrogens with one attached hydrogen (secondary N) is 1. The smallest absolute Gasteiger partial charge is 0.260 e. The molecule has 3 aromatic rings. The molecule has 3 rings (SSSR count). The van der Waals surface area contributed by atoms with Crippen LogP contribution in [0.15, 0.2) is 41.6 Å². The third kappa shape index (κ3) is 4.31. The Hall–Kier alpha value is -3.31. The molecule has 1 amide bonds. The number of amides is 1. The Morgan fingerprint density at radius 2 is 2.00 bits per heavy atom. The average molecular weight is 430 g/mol. The van der Waals surface area contributed by atoms with Crippen molar-refractivity contribution < 1.29 is 17.9 Å². The molecule has 11 heteroatoms. The number of anilines is 1. The monoisotopic (exact) mass is 430 g/mol. The molecular weight excluding hydrogens is 408 g/mol. The Labute approximate surface area is 174 Å². The van der Waals surface area contributed by atoms with Crippen LogP contribution in [0.4, 0.5) is 5.82 Å². The fourth-order valence-electron chi connectivity index (χ4n) is 2.93. The van der Waals surface area contributed by atoms with Gasteiger partial charge in [0.25, 0.3) is 5.91 Å². The Kier molecular flexibility index (Phi) is 5.85. The number of hydrogen-bond donors (Lipinski definition) is 2. The van der Waals surface area contributed by atoms with E-state index in [-0.39, 0.29) is 28.1 Å². The Balaban J connectivity index is 1.96. The van der Waals surface area contributed by atoms with Crippen LogP contribution < -0.4 is 15.2 Å². The second-order valence-corrected chi connectivity index (χ2v) is 8.41. The molecular formula is C19H22N6O4S. The Morgan fingerprint density at radius 1 is 1.27 bits per heavy atom. The highest BCUT2D eigenvalue weighted by Gasteiger charge is 2.21. The summed E-state index contributed by atoms with van der Waals surface area (Å²) in [6, 6.07) is 7.85. The van der Waals surface area contributed by atoms with Gasteiger partial charge < -0.3 is 14.6 Å². The number of hydrogen-bond acceptors (Lipinski definition) is 7. The number of primary sulfonamides is 1. The van der Waals surface area contributed by atoms with Gasteiger partial charge in [0.1, 0.15) is 23.6 Å². The van der Waals surface area contributed by atoms with Gasteiger partial charge in [-0.25, -0.2) is 18.5 Å². The molecule has 0 saturated carbocycles.